The van der Waals surface area contributed by atoms with Gasteiger partial charge < -0.3 is 11.1 Å². The molecule has 0 aliphatic heterocycles. The number of nitrogen functional groups attached to an aromatic ring is 1. The standard InChI is InChI=1S/C12H13ClN4O/c1-2-17-7-8(6-15-17)16-12(18)9-4-3-5-10(14)11(9)13/h3-7H,2,14H2,1H3,(H,16,18). The molecular weight excluding hydrogens is 252 g/mol. The van der Waals surface area contributed by atoms with Crippen LogP contribution in [0.5, 0.6) is 0 Å². The summed E-state index contributed by atoms with van der Waals surface area (Å²) in [5, 5.41) is 7.05. The maximum Gasteiger partial charge on any atom is 0.257 e. The Labute approximate surface area is 110 Å². The van der Waals surface area contributed by atoms with Gasteiger partial charge >= 0.3 is 0 Å². The molecule has 0 radical (unpaired) electrons. The molecule has 1 aromatic heterocycles. The summed E-state index contributed by atoms with van der Waals surface area (Å²) in [6.07, 6.45) is 3.33. The summed E-state index contributed by atoms with van der Waals surface area (Å²) in [5.74, 6) is -0.303. The third kappa shape index (κ3) is 2.46. The van der Waals surface area contributed by atoms with E-state index in [9.17, 15) is 4.79 Å². The number of anilines is 2. The molecule has 18 heavy (non-hydrogen) atoms. The SMILES string of the molecule is CCn1cc(NC(=O)c2cccc(N)c2Cl)cn1. The van der Waals surface area contributed by atoms with Gasteiger partial charge in [-0.25, -0.2) is 0 Å². The number of carbonyl (C=O) groups excluding carboxylic acids is 1. The van der Waals surface area contributed by atoms with E-state index in [0.717, 1.165) is 6.54 Å². The molecule has 2 rings (SSSR count). The van der Waals surface area contributed by atoms with Crippen molar-refractivity contribution in [3.8, 4) is 0 Å². The predicted octanol–water partition coefficient (Wildman–Crippen LogP) is 2.39. The van der Waals surface area contributed by atoms with Gasteiger partial charge in [-0.1, -0.05) is 17.7 Å². The zero-order chi connectivity index (χ0) is 13.1. The first-order valence-electron chi connectivity index (χ1n) is 5.49. The number of amides is 1. The summed E-state index contributed by atoms with van der Waals surface area (Å²) < 4.78 is 1.72. The van der Waals surface area contributed by atoms with Crippen molar-refractivity contribution in [1.29, 1.82) is 0 Å². The second kappa shape index (κ2) is 5.10. The summed E-state index contributed by atoms with van der Waals surface area (Å²) in [7, 11) is 0. The fraction of sp³-hybridized carbons (Fsp3) is 0.167. The average molecular weight is 265 g/mol. The normalized spacial score (nSPS) is 10.3. The molecule has 5 nitrogen and oxygen atoms in total. The van der Waals surface area contributed by atoms with Crippen LogP contribution in [0, 0.1) is 0 Å². The summed E-state index contributed by atoms with van der Waals surface area (Å²) in [6.45, 7) is 2.71. The second-order valence-electron chi connectivity index (χ2n) is 3.75. The number of rotatable bonds is 3. The molecule has 0 aliphatic rings. The van der Waals surface area contributed by atoms with Gasteiger partial charge in [0.15, 0.2) is 0 Å². The van der Waals surface area contributed by atoms with Crippen molar-refractivity contribution in [1.82, 2.24) is 9.78 Å². The number of nitrogens with zero attached hydrogens (tertiary/aromatic N) is 2. The van der Waals surface area contributed by atoms with Crippen molar-refractivity contribution in [2.75, 3.05) is 11.1 Å². The van der Waals surface area contributed by atoms with Gasteiger partial charge in [-0.05, 0) is 19.1 Å². The average Bonchev–Trinajstić information content (AvgIpc) is 2.80. The number of nitrogens with two attached hydrogens (primary N) is 1. The van der Waals surface area contributed by atoms with E-state index < -0.39 is 0 Å². The van der Waals surface area contributed by atoms with Gasteiger partial charge in [0, 0.05) is 12.7 Å². The smallest absolute Gasteiger partial charge is 0.257 e. The van der Waals surface area contributed by atoms with E-state index in [1.807, 2.05) is 6.92 Å². The first-order chi connectivity index (χ1) is 8.61. The Morgan fingerprint density at radius 2 is 2.33 bits per heavy atom. The van der Waals surface area contributed by atoms with Crippen molar-refractivity contribution in [2.24, 2.45) is 0 Å². The van der Waals surface area contributed by atoms with Gasteiger partial charge in [0.05, 0.1) is 28.2 Å². The minimum absolute atomic E-state index is 0.262. The van der Waals surface area contributed by atoms with Crippen LogP contribution < -0.4 is 11.1 Å². The highest BCUT2D eigenvalue weighted by atomic mass is 35.5. The van der Waals surface area contributed by atoms with Crippen LogP contribution in [0.2, 0.25) is 5.02 Å². The molecular formula is C12H13ClN4O. The van der Waals surface area contributed by atoms with E-state index in [4.69, 9.17) is 17.3 Å². The Hall–Kier alpha value is -2.01. The number of hydrogen-bond donors (Lipinski definition) is 2. The molecule has 0 bridgehead atoms. The lowest BCUT2D eigenvalue weighted by molar-refractivity contribution is 0.102. The summed E-state index contributed by atoms with van der Waals surface area (Å²) in [4.78, 5) is 12.0. The number of benzene rings is 1. The van der Waals surface area contributed by atoms with Gasteiger partial charge in [-0.15, -0.1) is 0 Å². The monoisotopic (exact) mass is 264 g/mol. The first-order valence-corrected chi connectivity index (χ1v) is 5.87. The topological polar surface area (TPSA) is 72.9 Å². The van der Waals surface area contributed by atoms with Crippen LogP contribution >= 0.6 is 11.6 Å². The number of aromatic nitrogens is 2. The molecule has 1 heterocycles. The highest BCUT2D eigenvalue weighted by molar-refractivity contribution is 6.36. The van der Waals surface area contributed by atoms with Gasteiger partial charge in [0.25, 0.3) is 5.91 Å². The first kappa shape index (κ1) is 12.4. The molecule has 0 fully saturated rings. The third-order valence-corrected chi connectivity index (χ3v) is 2.91. The number of aryl methyl sites for hydroxylation is 1. The van der Waals surface area contributed by atoms with E-state index in [1.54, 1.807) is 35.3 Å². The summed E-state index contributed by atoms with van der Waals surface area (Å²) >= 11 is 5.98. The molecule has 0 saturated carbocycles. The maximum atomic E-state index is 12.0. The van der Waals surface area contributed by atoms with Gasteiger partial charge in [0.1, 0.15) is 0 Å². The highest BCUT2D eigenvalue weighted by Crippen LogP contribution is 2.23. The minimum atomic E-state index is -0.303. The Bertz CT molecular complexity index is 579. The van der Waals surface area contributed by atoms with Crippen LogP contribution in [0.1, 0.15) is 17.3 Å². The fourth-order valence-electron chi connectivity index (χ4n) is 1.52. The molecule has 2 aromatic rings. The molecule has 1 aromatic carbocycles. The quantitative estimate of drug-likeness (QED) is 0.836. The van der Waals surface area contributed by atoms with Gasteiger partial charge in [0.2, 0.25) is 0 Å². The van der Waals surface area contributed by atoms with Crippen LogP contribution in [0.4, 0.5) is 11.4 Å². The largest absolute Gasteiger partial charge is 0.398 e. The number of carbonyl (C=O) groups is 1. The van der Waals surface area contributed by atoms with Crippen molar-refractivity contribution in [2.45, 2.75) is 13.5 Å². The molecule has 1 amide bonds. The van der Waals surface area contributed by atoms with Crippen LogP contribution in [-0.2, 0) is 6.54 Å². The Balaban J connectivity index is 2.19. The highest BCUT2D eigenvalue weighted by Gasteiger charge is 2.12. The lowest BCUT2D eigenvalue weighted by Gasteiger charge is -2.06. The van der Waals surface area contributed by atoms with E-state index >= 15 is 0 Å². The van der Waals surface area contributed by atoms with Gasteiger partial charge in [-0.3, -0.25) is 9.48 Å². The van der Waals surface area contributed by atoms with Crippen LogP contribution in [0.3, 0.4) is 0 Å². The zero-order valence-corrected chi connectivity index (χ0v) is 10.6. The summed E-state index contributed by atoms with van der Waals surface area (Å²) in [6, 6.07) is 4.96. The maximum absolute atomic E-state index is 12.0. The van der Waals surface area contributed by atoms with Crippen LogP contribution in [0.25, 0.3) is 0 Å². The molecule has 94 valence electrons. The molecule has 3 N–H and O–H groups in total. The Morgan fingerprint density at radius 1 is 1.56 bits per heavy atom. The minimum Gasteiger partial charge on any atom is -0.398 e. The van der Waals surface area contributed by atoms with E-state index in [1.165, 1.54) is 0 Å². The number of hydrogen-bond acceptors (Lipinski definition) is 3. The molecule has 0 aliphatic carbocycles. The molecule has 0 unspecified atom stereocenters. The lowest BCUT2D eigenvalue weighted by atomic mass is 10.2. The fourth-order valence-corrected chi connectivity index (χ4v) is 1.74. The molecule has 0 atom stereocenters. The van der Waals surface area contributed by atoms with Crippen molar-refractivity contribution in [3.63, 3.8) is 0 Å². The Morgan fingerprint density at radius 3 is 3.00 bits per heavy atom. The second-order valence-corrected chi connectivity index (χ2v) is 4.13. The molecule has 6 heteroatoms. The third-order valence-electron chi connectivity index (χ3n) is 2.49. The molecule has 0 saturated heterocycles. The van der Waals surface area contributed by atoms with E-state index in [-0.39, 0.29) is 10.9 Å². The van der Waals surface area contributed by atoms with Crippen LogP contribution in [0.15, 0.2) is 30.6 Å². The molecule has 0 spiro atoms. The van der Waals surface area contributed by atoms with Crippen molar-refractivity contribution >= 4 is 28.9 Å². The Kier molecular flexibility index (Phi) is 3.53. The van der Waals surface area contributed by atoms with Crippen molar-refractivity contribution in [3.05, 3.63) is 41.2 Å². The van der Waals surface area contributed by atoms with E-state index in [2.05, 4.69) is 10.4 Å². The predicted molar refractivity (Wildman–Crippen MR) is 71.7 cm³/mol. The zero-order valence-electron chi connectivity index (χ0n) is 9.85. The van der Waals surface area contributed by atoms with E-state index in [0.29, 0.717) is 16.9 Å². The van der Waals surface area contributed by atoms with Gasteiger partial charge in [-0.2, -0.15) is 5.10 Å². The van der Waals surface area contributed by atoms with Crippen molar-refractivity contribution < 1.29 is 4.79 Å². The number of halogens is 1. The van der Waals surface area contributed by atoms with Crippen LogP contribution in [-0.4, -0.2) is 15.7 Å². The summed E-state index contributed by atoms with van der Waals surface area (Å²) in [5.41, 5.74) is 7.01. The lowest BCUT2D eigenvalue weighted by Crippen LogP contribution is -2.12. The number of nitrogens with one attached hydrogen (secondary N) is 1.